The largest absolute Gasteiger partial charge is 0.481 e. The predicted molar refractivity (Wildman–Crippen MR) is 114 cm³/mol. The quantitative estimate of drug-likeness (QED) is 0.569. The number of carboxylic acids is 2. The van der Waals surface area contributed by atoms with E-state index < -0.39 is 11.9 Å². The van der Waals surface area contributed by atoms with Gasteiger partial charge in [0.25, 0.3) is 0 Å². The normalized spacial score (nSPS) is 19.5. The standard InChI is InChI=1S/C12H22O2.C12H14O2/c2*1-9(2)6-7-10-4-3-5-11(8-10)12(13)14/h9-11H,3-8H2,1-2H3,(H,13,14);3-9H,1-2H3,(H,13,14). The van der Waals surface area contributed by atoms with Crippen LogP contribution in [0.5, 0.6) is 0 Å². The van der Waals surface area contributed by atoms with Crippen LogP contribution in [0.2, 0.25) is 0 Å². The highest BCUT2D eigenvalue weighted by molar-refractivity contribution is 5.88. The minimum Gasteiger partial charge on any atom is -0.481 e. The van der Waals surface area contributed by atoms with Gasteiger partial charge in [0.1, 0.15) is 0 Å². The second-order valence-corrected chi connectivity index (χ2v) is 8.57. The van der Waals surface area contributed by atoms with Crippen LogP contribution >= 0.6 is 0 Å². The Morgan fingerprint density at radius 2 is 1.86 bits per heavy atom. The molecule has 0 saturated heterocycles. The highest BCUT2D eigenvalue weighted by atomic mass is 16.4. The average molecular weight is 389 g/mol. The minimum atomic E-state index is -0.884. The molecule has 0 aromatic heterocycles. The number of allylic oxidation sites excluding steroid dienone is 1. The number of rotatable bonds is 7. The van der Waals surface area contributed by atoms with Crippen LogP contribution in [0.15, 0.2) is 30.3 Å². The van der Waals surface area contributed by atoms with E-state index in [-0.39, 0.29) is 5.92 Å². The molecule has 1 fully saturated rings. The fourth-order valence-electron chi connectivity index (χ4n) is 3.43. The van der Waals surface area contributed by atoms with Crippen molar-refractivity contribution >= 4 is 18.0 Å². The Hall–Kier alpha value is -2.10. The van der Waals surface area contributed by atoms with E-state index in [2.05, 4.69) is 27.7 Å². The van der Waals surface area contributed by atoms with E-state index in [0.717, 1.165) is 30.7 Å². The van der Waals surface area contributed by atoms with Crippen molar-refractivity contribution in [3.63, 3.8) is 0 Å². The number of benzene rings is 1. The molecular formula is C24H36O4. The molecule has 0 spiro atoms. The molecule has 2 rings (SSSR count). The topological polar surface area (TPSA) is 74.6 Å². The molecule has 4 nitrogen and oxygen atoms in total. The zero-order chi connectivity index (χ0) is 21.1. The van der Waals surface area contributed by atoms with Crippen LogP contribution in [0.3, 0.4) is 0 Å². The lowest BCUT2D eigenvalue weighted by atomic mass is 9.78. The maximum absolute atomic E-state index is 10.8. The Labute approximate surface area is 169 Å². The molecule has 156 valence electrons. The zero-order valence-corrected chi connectivity index (χ0v) is 17.7. The minimum absolute atomic E-state index is 0.0547. The van der Waals surface area contributed by atoms with Crippen molar-refractivity contribution in [3.8, 4) is 0 Å². The summed E-state index contributed by atoms with van der Waals surface area (Å²) in [7, 11) is 0. The molecule has 1 aromatic carbocycles. The van der Waals surface area contributed by atoms with Crippen molar-refractivity contribution in [1.29, 1.82) is 0 Å². The Morgan fingerprint density at radius 1 is 1.14 bits per heavy atom. The monoisotopic (exact) mass is 388 g/mol. The lowest BCUT2D eigenvalue weighted by Crippen LogP contribution is -2.22. The molecule has 4 heteroatoms. The molecule has 2 unspecified atom stereocenters. The summed E-state index contributed by atoms with van der Waals surface area (Å²) in [5.74, 6) is 0.376. The van der Waals surface area contributed by atoms with E-state index in [1.165, 1.54) is 19.3 Å². The lowest BCUT2D eigenvalue weighted by Gasteiger charge is -2.26. The molecular weight excluding hydrogens is 352 g/mol. The Bertz CT molecular complexity index is 646. The summed E-state index contributed by atoms with van der Waals surface area (Å²) in [6.07, 6.45) is 10.6. The molecule has 1 saturated carbocycles. The molecule has 2 N–H and O–H groups in total. The number of aliphatic carboxylic acids is 1. The van der Waals surface area contributed by atoms with Crippen LogP contribution in [0, 0.1) is 23.7 Å². The van der Waals surface area contributed by atoms with Crippen LogP contribution in [-0.4, -0.2) is 22.2 Å². The van der Waals surface area contributed by atoms with Crippen molar-refractivity contribution < 1.29 is 19.8 Å². The van der Waals surface area contributed by atoms with E-state index in [9.17, 15) is 9.59 Å². The van der Waals surface area contributed by atoms with E-state index in [4.69, 9.17) is 10.2 Å². The van der Waals surface area contributed by atoms with E-state index in [1.807, 2.05) is 18.2 Å². The summed E-state index contributed by atoms with van der Waals surface area (Å²) in [5, 5.41) is 17.7. The van der Waals surface area contributed by atoms with Gasteiger partial charge in [0, 0.05) is 0 Å². The number of hydrogen-bond acceptors (Lipinski definition) is 2. The van der Waals surface area contributed by atoms with Gasteiger partial charge < -0.3 is 10.2 Å². The summed E-state index contributed by atoms with van der Waals surface area (Å²) in [6.45, 7) is 8.63. The third-order valence-corrected chi connectivity index (χ3v) is 5.09. The summed E-state index contributed by atoms with van der Waals surface area (Å²) < 4.78 is 0. The van der Waals surface area contributed by atoms with Gasteiger partial charge in [-0.3, -0.25) is 4.79 Å². The summed E-state index contributed by atoms with van der Waals surface area (Å²) in [5.41, 5.74) is 1.26. The van der Waals surface area contributed by atoms with Crippen LogP contribution in [0.4, 0.5) is 0 Å². The van der Waals surface area contributed by atoms with Crippen molar-refractivity contribution in [2.45, 2.75) is 66.2 Å². The van der Waals surface area contributed by atoms with Gasteiger partial charge in [0.05, 0.1) is 11.5 Å². The fraction of sp³-hybridized carbons (Fsp3) is 0.583. The van der Waals surface area contributed by atoms with Gasteiger partial charge >= 0.3 is 11.9 Å². The predicted octanol–water partition coefficient (Wildman–Crippen LogP) is 6.37. The van der Waals surface area contributed by atoms with Gasteiger partial charge in [-0.2, -0.15) is 0 Å². The summed E-state index contributed by atoms with van der Waals surface area (Å²) in [4.78, 5) is 21.5. The first-order chi connectivity index (χ1) is 13.2. The zero-order valence-electron chi connectivity index (χ0n) is 17.7. The van der Waals surface area contributed by atoms with Crippen LogP contribution in [0.1, 0.15) is 82.1 Å². The molecule has 0 bridgehead atoms. The van der Waals surface area contributed by atoms with E-state index in [1.54, 1.807) is 18.2 Å². The smallest absolute Gasteiger partial charge is 0.335 e. The third kappa shape index (κ3) is 9.72. The maximum Gasteiger partial charge on any atom is 0.335 e. The molecule has 1 aromatic rings. The highest BCUT2D eigenvalue weighted by Gasteiger charge is 2.26. The summed E-state index contributed by atoms with van der Waals surface area (Å²) >= 11 is 0. The van der Waals surface area contributed by atoms with Crippen LogP contribution in [0.25, 0.3) is 6.08 Å². The second-order valence-electron chi connectivity index (χ2n) is 8.57. The fourth-order valence-corrected chi connectivity index (χ4v) is 3.43. The molecule has 28 heavy (non-hydrogen) atoms. The van der Waals surface area contributed by atoms with E-state index >= 15 is 0 Å². The number of hydrogen-bond donors (Lipinski definition) is 2. The molecule has 1 aliphatic carbocycles. The van der Waals surface area contributed by atoms with Crippen molar-refractivity contribution in [3.05, 3.63) is 41.5 Å². The number of carboxylic acid groups (broad SMARTS) is 2. The number of aromatic carboxylic acids is 1. The first kappa shape index (κ1) is 23.9. The lowest BCUT2D eigenvalue weighted by molar-refractivity contribution is -0.143. The van der Waals surface area contributed by atoms with Gasteiger partial charge in [-0.1, -0.05) is 77.7 Å². The Balaban J connectivity index is 0.000000280. The van der Waals surface area contributed by atoms with Gasteiger partial charge in [-0.15, -0.1) is 0 Å². The molecule has 0 heterocycles. The molecule has 2 atom stereocenters. The first-order valence-electron chi connectivity index (χ1n) is 10.4. The van der Waals surface area contributed by atoms with Crippen molar-refractivity contribution in [2.75, 3.05) is 0 Å². The molecule has 0 radical (unpaired) electrons. The number of carbonyl (C=O) groups is 2. The average Bonchev–Trinajstić information content (AvgIpc) is 2.65. The molecule has 1 aliphatic rings. The SMILES string of the molecule is CC(C)C=Cc1cccc(C(=O)O)c1.CC(C)CCC1CCCC(C(=O)O)C1. The van der Waals surface area contributed by atoms with Gasteiger partial charge in [-0.05, 0) is 48.3 Å². The third-order valence-electron chi connectivity index (χ3n) is 5.09. The summed E-state index contributed by atoms with van der Waals surface area (Å²) in [6, 6.07) is 6.91. The first-order valence-corrected chi connectivity index (χ1v) is 10.4. The van der Waals surface area contributed by atoms with E-state index in [0.29, 0.717) is 17.4 Å². The Kier molecular flexibility index (Phi) is 10.6. The maximum atomic E-state index is 10.8. The highest BCUT2D eigenvalue weighted by Crippen LogP contribution is 2.32. The Morgan fingerprint density at radius 3 is 2.43 bits per heavy atom. The van der Waals surface area contributed by atoms with Crippen LogP contribution < -0.4 is 0 Å². The van der Waals surface area contributed by atoms with Crippen molar-refractivity contribution in [1.82, 2.24) is 0 Å². The van der Waals surface area contributed by atoms with Gasteiger partial charge in [-0.25, -0.2) is 4.79 Å². The van der Waals surface area contributed by atoms with Crippen molar-refractivity contribution in [2.24, 2.45) is 23.7 Å². The van der Waals surface area contributed by atoms with Crippen LogP contribution in [-0.2, 0) is 4.79 Å². The second kappa shape index (κ2) is 12.4. The van der Waals surface area contributed by atoms with Gasteiger partial charge in [0.2, 0.25) is 0 Å². The molecule has 0 aliphatic heterocycles. The van der Waals surface area contributed by atoms with Gasteiger partial charge in [0.15, 0.2) is 0 Å². The molecule has 0 amide bonds.